The van der Waals surface area contributed by atoms with Gasteiger partial charge in [0.05, 0.1) is 0 Å². The molecule has 0 fully saturated rings. The van der Waals surface area contributed by atoms with Crippen molar-refractivity contribution in [3.05, 3.63) is 12.7 Å². The minimum Gasteiger partial charge on any atom is -0.317 e. The van der Waals surface area contributed by atoms with Gasteiger partial charge in [-0.3, -0.25) is 4.90 Å². The van der Waals surface area contributed by atoms with Gasteiger partial charge in [0.15, 0.2) is 0 Å². The minimum atomic E-state index is 0.682. The van der Waals surface area contributed by atoms with Crippen LogP contribution in [0.3, 0.4) is 0 Å². The third-order valence-corrected chi connectivity index (χ3v) is 2.90. The van der Waals surface area contributed by atoms with E-state index in [0.717, 1.165) is 19.6 Å². The van der Waals surface area contributed by atoms with Gasteiger partial charge in [0, 0.05) is 12.6 Å². The van der Waals surface area contributed by atoms with Crippen molar-refractivity contribution in [1.82, 2.24) is 10.2 Å². The second-order valence-electron chi connectivity index (χ2n) is 4.52. The lowest BCUT2D eigenvalue weighted by Crippen LogP contribution is -2.34. The molecule has 0 saturated heterocycles. The summed E-state index contributed by atoms with van der Waals surface area (Å²) in [7, 11) is 0. The van der Waals surface area contributed by atoms with Crippen LogP contribution in [-0.2, 0) is 0 Å². The Balaban J connectivity index is 3.64. The molecule has 0 heterocycles. The molecule has 1 N–H and O–H groups in total. The molecule has 16 heavy (non-hydrogen) atoms. The summed E-state index contributed by atoms with van der Waals surface area (Å²) in [5.74, 6) is 0. The molecule has 0 rings (SSSR count). The molecule has 2 heteroatoms. The van der Waals surface area contributed by atoms with Gasteiger partial charge in [0.25, 0.3) is 0 Å². The number of nitrogens with one attached hydrogen (secondary N) is 1. The summed E-state index contributed by atoms with van der Waals surface area (Å²) in [6.07, 6.45) is 7.03. The van der Waals surface area contributed by atoms with Crippen LogP contribution in [0.25, 0.3) is 0 Å². The molecule has 0 aromatic carbocycles. The standard InChI is InChI=1S/C14H30N2/c1-5-10-15-11-8-9-14(4)16(12-6-2)13-7-3/h6,14-15H,2,5,7-13H2,1,3-4H3. The third kappa shape index (κ3) is 7.89. The fourth-order valence-electron chi connectivity index (χ4n) is 1.95. The Morgan fingerprint density at radius 2 is 2.00 bits per heavy atom. The number of nitrogens with zero attached hydrogens (tertiary/aromatic N) is 1. The lowest BCUT2D eigenvalue weighted by atomic mass is 10.1. The van der Waals surface area contributed by atoms with Crippen LogP contribution in [0.15, 0.2) is 12.7 Å². The molecule has 1 atom stereocenters. The largest absolute Gasteiger partial charge is 0.317 e. The first-order valence-corrected chi connectivity index (χ1v) is 6.81. The quantitative estimate of drug-likeness (QED) is 0.430. The molecule has 96 valence electrons. The van der Waals surface area contributed by atoms with Crippen molar-refractivity contribution in [2.75, 3.05) is 26.2 Å². The lowest BCUT2D eigenvalue weighted by Gasteiger charge is -2.27. The maximum Gasteiger partial charge on any atom is 0.0163 e. The molecule has 0 saturated carbocycles. The van der Waals surface area contributed by atoms with Gasteiger partial charge in [-0.1, -0.05) is 19.9 Å². The van der Waals surface area contributed by atoms with Crippen LogP contribution < -0.4 is 5.32 Å². The zero-order chi connectivity index (χ0) is 12.2. The first kappa shape index (κ1) is 15.7. The van der Waals surface area contributed by atoms with Crippen molar-refractivity contribution in [3.63, 3.8) is 0 Å². The van der Waals surface area contributed by atoms with Crippen LogP contribution in [0, 0.1) is 0 Å². The first-order chi connectivity index (χ1) is 7.76. The van der Waals surface area contributed by atoms with E-state index in [1.54, 1.807) is 0 Å². The molecular formula is C14H30N2. The van der Waals surface area contributed by atoms with Gasteiger partial charge in [0.2, 0.25) is 0 Å². The molecule has 0 spiro atoms. The molecule has 0 aromatic heterocycles. The van der Waals surface area contributed by atoms with Crippen LogP contribution in [-0.4, -0.2) is 37.1 Å². The lowest BCUT2D eigenvalue weighted by molar-refractivity contribution is 0.218. The van der Waals surface area contributed by atoms with Crippen LogP contribution in [0.1, 0.15) is 46.5 Å². The van der Waals surface area contributed by atoms with E-state index < -0.39 is 0 Å². The topological polar surface area (TPSA) is 15.3 Å². The van der Waals surface area contributed by atoms with Gasteiger partial charge in [0.1, 0.15) is 0 Å². The van der Waals surface area contributed by atoms with E-state index in [2.05, 4.69) is 37.6 Å². The number of hydrogen-bond acceptors (Lipinski definition) is 2. The summed E-state index contributed by atoms with van der Waals surface area (Å²) in [5.41, 5.74) is 0. The number of rotatable bonds is 11. The van der Waals surface area contributed by atoms with Gasteiger partial charge in [-0.05, 0) is 52.2 Å². The summed E-state index contributed by atoms with van der Waals surface area (Å²) in [4.78, 5) is 2.52. The Morgan fingerprint density at radius 1 is 1.25 bits per heavy atom. The molecule has 0 aromatic rings. The van der Waals surface area contributed by atoms with Crippen LogP contribution >= 0.6 is 0 Å². The number of hydrogen-bond donors (Lipinski definition) is 1. The maximum atomic E-state index is 3.83. The van der Waals surface area contributed by atoms with Gasteiger partial charge < -0.3 is 5.32 Å². The van der Waals surface area contributed by atoms with Gasteiger partial charge >= 0.3 is 0 Å². The van der Waals surface area contributed by atoms with E-state index in [1.165, 1.54) is 32.2 Å². The van der Waals surface area contributed by atoms with Crippen LogP contribution in [0.4, 0.5) is 0 Å². The van der Waals surface area contributed by atoms with Crippen molar-refractivity contribution < 1.29 is 0 Å². The highest BCUT2D eigenvalue weighted by molar-refractivity contribution is 4.77. The molecule has 0 radical (unpaired) electrons. The second-order valence-corrected chi connectivity index (χ2v) is 4.52. The Kier molecular flexibility index (Phi) is 10.9. The van der Waals surface area contributed by atoms with Crippen molar-refractivity contribution in [1.29, 1.82) is 0 Å². The smallest absolute Gasteiger partial charge is 0.0163 e. The summed E-state index contributed by atoms with van der Waals surface area (Å²) in [5, 5.41) is 3.45. The Labute approximate surface area is 102 Å². The maximum absolute atomic E-state index is 3.83. The highest BCUT2D eigenvalue weighted by Crippen LogP contribution is 2.07. The zero-order valence-electron chi connectivity index (χ0n) is 11.5. The summed E-state index contributed by atoms with van der Waals surface area (Å²) in [6.45, 7) is 15.1. The Hall–Kier alpha value is -0.340. The van der Waals surface area contributed by atoms with Gasteiger partial charge in [-0.25, -0.2) is 0 Å². The van der Waals surface area contributed by atoms with Crippen LogP contribution in [0.2, 0.25) is 0 Å². The van der Waals surface area contributed by atoms with Crippen molar-refractivity contribution >= 4 is 0 Å². The molecule has 0 aliphatic carbocycles. The van der Waals surface area contributed by atoms with E-state index in [1.807, 2.05) is 6.08 Å². The average Bonchev–Trinajstić information content (AvgIpc) is 2.28. The summed E-state index contributed by atoms with van der Waals surface area (Å²) in [6, 6.07) is 0.682. The van der Waals surface area contributed by atoms with Crippen LogP contribution in [0.5, 0.6) is 0 Å². The van der Waals surface area contributed by atoms with Crippen molar-refractivity contribution in [2.24, 2.45) is 0 Å². The van der Waals surface area contributed by atoms with Gasteiger partial charge in [-0.2, -0.15) is 0 Å². The monoisotopic (exact) mass is 226 g/mol. The molecule has 1 unspecified atom stereocenters. The van der Waals surface area contributed by atoms with E-state index in [9.17, 15) is 0 Å². The molecular weight excluding hydrogens is 196 g/mol. The molecule has 2 nitrogen and oxygen atoms in total. The Morgan fingerprint density at radius 3 is 2.56 bits per heavy atom. The highest BCUT2D eigenvalue weighted by atomic mass is 15.1. The van der Waals surface area contributed by atoms with Crippen molar-refractivity contribution in [3.8, 4) is 0 Å². The zero-order valence-corrected chi connectivity index (χ0v) is 11.5. The SMILES string of the molecule is C=CCN(CCC)C(C)CCCNCCC. The molecule has 0 bridgehead atoms. The Bertz CT molecular complexity index is 157. The average molecular weight is 226 g/mol. The molecule has 0 amide bonds. The van der Waals surface area contributed by atoms with E-state index in [4.69, 9.17) is 0 Å². The second kappa shape index (κ2) is 11.2. The van der Waals surface area contributed by atoms with E-state index in [-0.39, 0.29) is 0 Å². The highest BCUT2D eigenvalue weighted by Gasteiger charge is 2.10. The third-order valence-electron chi connectivity index (χ3n) is 2.90. The molecule has 0 aliphatic rings. The predicted molar refractivity (Wildman–Crippen MR) is 73.9 cm³/mol. The summed E-state index contributed by atoms with van der Waals surface area (Å²) >= 11 is 0. The van der Waals surface area contributed by atoms with Gasteiger partial charge in [-0.15, -0.1) is 6.58 Å². The molecule has 0 aliphatic heterocycles. The van der Waals surface area contributed by atoms with E-state index in [0.29, 0.717) is 6.04 Å². The first-order valence-electron chi connectivity index (χ1n) is 6.81. The summed E-state index contributed by atoms with van der Waals surface area (Å²) < 4.78 is 0. The van der Waals surface area contributed by atoms with Crippen molar-refractivity contribution in [2.45, 2.75) is 52.5 Å². The van der Waals surface area contributed by atoms with E-state index >= 15 is 0 Å². The predicted octanol–water partition coefficient (Wildman–Crippen LogP) is 3.05. The minimum absolute atomic E-state index is 0.682. The fourth-order valence-corrected chi connectivity index (χ4v) is 1.95. The fraction of sp³-hybridized carbons (Fsp3) is 0.857. The normalized spacial score (nSPS) is 13.0.